The van der Waals surface area contributed by atoms with Crippen LogP contribution in [0, 0.1) is 6.07 Å². The highest BCUT2D eigenvalue weighted by Gasteiger charge is 1.95. The Morgan fingerprint density at radius 1 is 1.25 bits per heavy atom. The van der Waals surface area contributed by atoms with Crippen molar-refractivity contribution in [1.29, 1.82) is 0 Å². The van der Waals surface area contributed by atoms with E-state index in [-0.39, 0.29) is 0 Å². The Morgan fingerprint density at radius 2 is 2.00 bits per heavy atom. The predicted octanol–water partition coefficient (Wildman–Crippen LogP) is 2.28. The molecule has 0 aromatic heterocycles. The van der Waals surface area contributed by atoms with E-state index in [1.54, 1.807) is 6.07 Å². The van der Waals surface area contributed by atoms with Gasteiger partial charge in [-0.3, -0.25) is 0 Å². The lowest BCUT2D eigenvalue weighted by atomic mass is 10.3. The first kappa shape index (κ1) is 8.91. The van der Waals surface area contributed by atoms with Crippen molar-refractivity contribution in [2.45, 2.75) is 13.8 Å². The monoisotopic (exact) mass is 165 g/mol. The molecule has 0 bridgehead atoms. The lowest BCUT2D eigenvalue weighted by Crippen LogP contribution is -1.94. The number of hydrogen-bond donors (Lipinski definition) is 0. The lowest BCUT2D eigenvalue weighted by molar-refractivity contribution is 0.322. The van der Waals surface area contributed by atoms with Crippen molar-refractivity contribution in [3.05, 3.63) is 24.3 Å². The van der Waals surface area contributed by atoms with Crippen LogP contribution in [0.15, 0.2) is 18.2 Å². The molecule has 1 aromatic rings. The molecule has 0 aliphatic rings. The molecule has 65 valence electrons. The van der Waals surface area contributed by atoms with Gasteiger partial charge in [-0.1, -0.05) is 0 Å². The van der Waals surface area contributed by atoms with E-state index in [1.807, 2.05) is 26.0 Å². The van der Waals surface area contributed by atoms with Gasteiger partial charge in [0.25, 0.3) is 0 Å². The summed E-state index contributed by atoms with van der Waals surface area (Å²) in [5.74, 6) is 1.57. The summed E-state index contributed by atoms with van der Waals surface area (Å²) in [7, 11) is 0. The molecule has 0 heterocycles. The average molecular weight is 165 g/mol. The van der Waals surface area contributed by atoms with Crippen LogP contribution in [0.3, 0.4) is 0 Å². The molecule has 0 fully saturated rings. The van der Waals surface area contributed by atoms with E-state index in [9.17, 15) is 0 Å². The summed E-state index contributed by atoms with van der Waals surface area (Å²) in [5, 5.41) is 0. The SMILES string of the molecule is CCOc1[c]ccc(OCC)c1. The molecule has 2 nitrogen and oxygen atoms in total. The molecule has 0 aliphatic carbocycles. The zero-order chi connectivity index (χ0) is 8.81. The normalized spacial score (nSPS) is 9.50. The van der Waals surface area contributed by atoms with Crippen molar-refractivity contribution in [3.8, 4) is 11.5 Å². The van der Waals surface area contributed by atoms with Crippen LogP contribution in [0.1, 0.15) is 13.8 Å². The number of rotatable bonds is 4. The highest BCUT2D eigenvalue weighted by molar-refractivity contribution is 5.31. The Labute approximate surface area is 73.1 Å². The van der Waals surface area contributed by atoms with Crippen molar-refractivity contribution in [2.75, 3.05) is 13.2 Å². The molecule has 0 aliphatic heterocycles. The molecule has 0 atom stereocenters. The van der Waals surface area contributed by atoms with Crippen LogP contribution in [0.2, 0.25) is 0 Å². The van der Waals surface area contributed by atoms with Crippen molar-refractivity contribution in [1.82, 2.24) is 0 Å². The summed E-state index contributed by atoms with van der Waals surface area (Å²) in [5.41, 5.74) is 0. The minimum absolute atomic E-state index is 0.659. The fourth-order valence-electron chi connectivity index (χ4n) is 0.920. The topological polar surface area (TPSA) is 18.5 Å². The summed E-state index contributed by atoms with van der Waals surface area (Å²) in [6, 6.07) is 8.47. The molecule has 1 rings (SSSR count). The molecule has 0 saturated heterocycles. The zero-order valence-corrected chi connectivity index (χ0v) is 7.46. The van der Waals surface area contributed by atoms with Crippen LogP contribution in [0.4, 0.5) is 0 Å². The maximum Gasteiger partial charge on any atom is 0.130 e. The molecule has 0 N–H and O–H groups in total. The smallest absolute Gasteiger partial charge is 0.130 e. The van der Waals surface area contributed by atoms with Gasteiger partial charge in [-0.05, 0) is 26.0 Å². The number of hydrogen-bond acceptors (Lipinski definition) is 2. The fourth-order valence-corrected chi connectivity index (χ4v) is 0.920. The van der Waals surface area contributed by atoms with E-state index in [1.165, 1.54) is 0 Å². The Hall–Kier alpha value is -1.18. The third-order valence-electron chi connectivity index (χ3n) is 1.36. The van der Waals surface area contributed by atoms with Gasteiger partial charge >= 0.3 is 0 Å². The van der Waals surface area contributed by atoms with Crippen molar-refractivity contribution in [2.24, 2.45) is 0 Å². The summed E-state index contributed by atoms with van der Waals surface area (Å²) in [6.07, 6.45) is 0. The summed E-state index contributed by atoms with van der Waals surface area (Å²) in [4.78, 5) is 0. The van der Waals surface area contributed by atoms with E-state index in [0.717, 1.165) is 11.5 Å². The van der Waals surface area contributed by atoms with E-state index >= 15 is 0 Å². The summed E-state index contributed by atoms with van der Waals surface area (Å²) in [6.45, 7) is 5.24. The van der Waals surface area contributed by atoms with Gasteiger partial charge in [-0.15, -0.1) is 0 Å². The fraction of sp³-hybridized carbons (Fsp3) is 0.400. The van der Waals surface area contributed by atoms with Crippen molar-refractivity contribution >= 4 is 0 Å². The Morgan fingerprint density at radius 3 is 2.67 bits per heavy atom. The van der Waals surface area contributed by atoms with Crippen LogP contribution in [0.5, 0.6) is 11.5 Å². The second-order valence-corrected chi connectivity index (χ2v) is 2.25. The Balaban J connectivity index is 2.67. The molecular weight excluding hydrogens is 152 g/mol. The Bertz CT molecular complexity index is 212. The maximum atomic E-state index is 5.29. The molecule has 0 amide bonds. The van der Waals surface area contributed by atoms with Gasteiger partial charge in [0.2, 0.25) is 0 Å². The van der Waals surface area contributed by atoms with E-state index in [0.29, 0.717) is 13.2 Å². The van der Waals surface area contributed by atoms with Crippen LogP contribution < -0.4 is 9.47 Å². The average Bonchev–Trinajstić information content (AvgIpc) is 2.06. The van der Waals surface area contributed by atoms with Gasteiger partial charge in [0.1, 0.15) is 11.5 Å². The Kier molecular flexibility index (Phi) is 3.45. The minimum Gasteiger partial charge on any atom is -0.494 e. The maximum absolute atomic E-state index is 5.29. The standard InChI is InChI=1S/C10H13O2/c1-3-11-9-6-5-7-10(8-9)12-4-2/h5-6,8H,3-4H2,1-2H3. The molecule has 0 saturated carbocycles. The quantitative estimate of drug-likeness (QED) is 0.681. The first-order chi connectivity index (χ1) is 5.86. The largest absolute Gasteiger partial charge is 0.494 e. The lowest BCUT2D eigenvalue weighted by Gasteiger charge is -2.05. The molecule has 1 aromatic carbocycles. The van der Waals surface area contributed by atoms with Crippen LogP contribution in [-0.4, -0.2) is 13.2 Å². The van der Waals surface area contributed by atoms with Gasteiger partial charge in [0, 0.05) is 12.1 Å². The molecule has 0 spiro atoms. The third kappa shape index (κ3) is 2.46. The molecular formula is C10H13O2. The summed E-state index contributed by atoms with van der Waals surface area (Å²) < 4.78 is 10.6. The van der Waals surface area contributed by atoms with Gasteiger partial charge in [-0.2, -0.15) is 0 Å². The first-order valence-electron chi connectivity index (χ1n) is 4.14. The number of ether oxygens (including phenoxy) is 2. The van der Waals surface area contributed by atoms with E-state index in [2.05, 4.69) is 6.07 Å². The molecule has 2 heteroatoms. The third-order valence-corrected chi connectivity index (χ3v) is 1.36. The highest BCUT2D eigenvalue weighted by Crippen LogP contribution is 2.18. The summed E-state index contributed by atoms with van der Waals surface area (Å²) >= 11 is 0. The van der Waals surface area contributed by atoms with Crippen molar-refractivity contribution in [3.63, 3.8) is 0 Å². The second kappa shape index (κ2) is 4.65. The zero-order valence-electron chi connectivity index (χ0n) is 7.46. The molecule has 0 unspecified atom stereocenters. The highest BCUT2D eigenvalue weighted by atomic mass is 16.5. The first-order valence-corrected chi connectivity index (χ1v) is 4.14. The predicted molar refractivity (Wildman–Crippen MR) is 47.6 cm³/mol. The second-order valence-electron chi connectivity index (χ2n) is 2.25. The van der Waals surface area contributed by atoms with Crippen LogP contribution in [0.25, 0.3) is 0 Å². The van der Waals surface area contributed by atoms with Gasteiger partial charge < -0.3 is 9.47 Å². The van der Waals surface area contributed by atoms with Gasteiger partial charge in [-0.25, -0.2) is 0 Å². The molecule has 1 radical (unpaired) electrons. The van der Waals surface area contributed by atoms with E-state index in [4.69, 9.17) is 9.47 Å². The van der Waals surface area contributed by atoms with Crippen LogP contribution in [-0.2, 0) is 0 Å². The molecule has 12 heavy (non-hydrogen) atoms. The van der Waals surface area contributed by atoms with E-state index < -0.39 is 0 Å². The number of benzene rings is 1. The van der Waals surface area contributed by atoms with Crippen LogP contribution >= 0.6 is 0 Å². The van der Waals surface area contributed by atoms with Crippen molar-refractivity contribution < 1.29 is 9.47 Å². The van der Waals surface area contributed by atoms with Gasteiger partial charge in [0.15, 0.2) is 0 Å². The minimum atomic E-state index is 0.659. The van der Waals surface area contributed by atoms with Gasteiger partial charge in [0.05, 0.1) is 13.2 Å².